The summed E-state index contributed by atoms with van der Waals surface area (Å²) in [7, 11) is 0. The van der Waals surface area contributed by atoms with Crippen molar-refractivity contribution < 1.29 is 13.6 Å². The van der Waals surface area contributed by atoms with Gasteiger partial charge in [-0.05, 0) is 41.8 Å². The van der Waals surface area contributed by atoms with Crippen LogP contribution in [0.15, 0.2) is 79.0 Å². The van der Waals surface area contributed by atoms with Gasteiger partial charge >= 0.3 is 0 Å². The van der Waals surface area contributed by atoms with Gasteiger partial charge in [-0.25, -0.2) is 8.78 Å². The molecule has 0 aliphatic carbocycles. The molecule has 2 heterocycles. The SMILES string of the molecule is O=C(c1ccc(F)c(F)c1)N1CCC(c2cn(Cc3ccccc3)c3ccccc23)C1. The minimum absolute atomic E-state index is 0.186. The number of halogens is 2. The Hall–Kier alpha value is -3.47. The van der Waals surface area contributed by atoms with Crippen LogP contribution < -0.4 is 0 Å². The molecule has 4 aromatic rings. The van der Waals surface area contributed by atoms with Gasteiger partial charge in [0.15, 0.2) is 11.6 Å². The van der Waals surface area contributed by atoms with E-state index >= 15 is 0 Å². The molecule has 5 rings (SSSR count). The van der Waals surface area contributed by atoms with E-state index in [0.717, 1.165) is 25.1 Å². The van der Waals surface area contributed by atoms with Crippen LogP contribution in [-0.4, -0.2) is 28.5 Å². The first-order valence-corrected chi connectivity index (χ1v) is 10.5. The zero-order valence-corrected chi connectivity index (χ0v) is 17.0. The molecule has 0 saturated carbocycles. The smallest absolute Gasteiger partial charge is 0.253 e. The third kappa shape index (κ3) is 3.72. The molecule has 1 fully saturated rings. The Morgan fingerprint density at radius 1 is 0.935 bits per heavy atom. The highest BCUT2D eigenvalue weighted by Gasteiger charge is 2.30. The highest BCUT2D eigenvalue weighted by Crippen LogP contribution is 2.34. The van der Waals surface area contributed by atoms with E-state index in [1.54, 1.807) is 4.90 Å². The fourth-order valence-corrected chi connectivity index (χ4v) is 4.52. The Kier molecular flexibility index (Phi) is 5.02. The van der Waals surface area contributed by atoms with E-state index in [4.69, 9.17) is 0 Å². The predicted molar refractivity (Wildman–Crippen MR) is 117 cm³/mol. The van der Waals surface area contributed by atoms with E-state index in [2.05, 4.69) is 35.0 Å². The minimum Gasteiger partial charge on any atom is -0.343 e. The van der Waals surface area contributed by atoms with Crippen molar-refractivity contribution in [3.8, 4) is 0 Å². The number of benzene rings is 3. The molecule has 1 unspecified atom stereocenters. The molecule has 0 radical (unpaired) electrons. The molecule has 1 aliphatic rings. The molecule has 1 aromatic heterocycles. The van der Waals surface area contributed by atoms with Gasteiger partial charge in [0.25, 0.3) is 5.91 Å². The highest BCUT2D eigenvalue weighted by atomic mass is 19.2. The largest absolute Gasteiger partial charge is 0.343 e. The topological polar surface area (TPSA) is 25.2 Å². The maximum atomic E-state index is 13.6. The number of nitrogens with zero attached hydrogens (tertiary/aromatic N) is 2. The van der Waals surface area contributed by atoms with E-state index in [0.29, 0.717) is 13.1 Å². The van der Waals surface area contributed by atoms with Crippen LogP contribution in [0, 0.1) is 11.6 Å². The molecular formula is C26H22F2N2O. The lowest BCUT2D eigenvalue weighted by Gasteiger charge is -2.16. The third-order valence-corrected chi connectivity index (χ3v) is 6.10. The van der Waals surface area contributed by atoms with Crippen LogP contribution in [0.5, 0.6) is 0 Å². The highest BCUT2D eigenvalue weighted by molar-refractivity contribution is 5.94. The van der Waals surface area contributed by atoms with Gasteiger partial charge in [-0.3, -0.25) is 4.79 Å². The van der Waals surface area contributed by atoms with E-state index in [-0.39, 0.29) is 17.4 Å². The summed E-state index contributed by atoms with van der Waals surface area (Å²) < 4.78 is 29.1. The number of para-hydroxylation sites is 1. The molecule has 31 heavy (non-hydrogen) atoms. The van der Waals surface area contributed by atoms with Crippen molar-refractivity contribution in [1.82, 2.24) is 9.47 Å². The molecule has 3 aromatic carbocycles. The maximum absolute atomic E-state index is 13.6. The molecule has 0 spiro atoms. The fourth-order valence-electron chi connectivity index (χ4n) is 4.52. The van der Waals surface area contributed by atoms with Crippen LogP contribution in [0.2, 0.25) is 0 Å². The van der Waals surface area contributed by atoms with Gasteiger partial charge in [-0.15, -0.1) is 0 Å². The average Bonchev–Trinajstić information content (AvgIpc) is 3.41. The summed E-state index contributed by atoms with van der Waals surface area (Å²) in [6.45, 7) is 1.95. The molecule has 5 heteroatoms. The summed E-state index contributed by atoms with van der Waals surface area (Å²) in [5.74, 6) is -1.99. The summed E-state index contributed by atoms with van der Waals surface area (Å²) in [5, 5.41) is 1.20. The monoisotopic (exact) mass is 416 g/mol. The van der Waals surface area contributed by atoms with Crippen molar-refractivity contribution in [3.05, 3.63) is 107 Å². The van der Waals surface area contributed by atoms with Gasteiger partial charge < -0.3 is 9.47 Å². The number of fused-ring (bicyclic) bond motifs is 1. The van der Waals surface area contributed by atoms with Crippen molar-refractivity contribution in [1.29, 1.82) is 0 Å². The van der Waals surface area contributed by atoms with Gasteiger partial charge in [-0.1, -0.05) is 48.5 Å². The quantitative estimate of drug-likeness (QED) is 0.425. The molecule has 1 atom stereocenters. The minimum atomic E-state index is -0.995. The first-order chi connectivity index (χ1) is 15.1. The standard InChI is InChI=1S/C26H22F2N2O/c27-23-11-10-19(14-24(23)28)26(31)29-13-12-20(16-29)22-17-30(15-18-6-2-1-3-7-18)25-9-5-4-8-21(22)25/h1-11,14,17,20H,12-13,15-16H2. The van der Waals surface area contributed by atoms with Crippen molar-refractivity contribution >= 4 is 16.8 Å². The summed E-state index contributed by atoms with van der Waals surface area (Å²) >= 11 is 0. The number of likely N-dealkylation sites (tertiary alicyclic amines) is 1. The molecule has 156 valence electrons. The number of aromatic nitrogens is 1. The number of hydrogen-bond donors (Lipinski definition) is 0. The molecule has 0 bridgehead atoms. The zero-order chi connectivity index (χ0) is 21.4. The number of hydrogen-bond acceptors (Lipinski definition) is 1. The lowest BCUT2D eigenvalue weighted by atomic mass is 9.98. The maximum Gasteiger partial charge on any atom is 0.253 e. The lowest BCUT2D eigenvalue weighted by molar-refractivity contribution is 0.0790. The lowest BCUT2D eigenvalue weighted by Crippen LogP contribution is -2.28. The van der Waals surface area contributed by atoms with Crippen LogP contribution in [-0.2, 0) is 6.54 Å². The van der Waals surface area contributed by atoms with Gasteiger partial charge in [0.2, 0.25) is 0 Å². The first kappa shape index (κ1) is 19.5. The van der Waals surface area contributed by atoms with Gasteiger partial charge in [0.05, 0.1) is 0 Å². The molecule has 1 amide bonds. The predicted octanol–water partition coefficient (Wildman–Crippen LogP) is 5.60. The second-order valence-electron chi connectivity index (χ2n) is 8.08. The third-order valence-electron chi connectivity index (χ3n) is 6.10. The molecule has 1 saturated heterocycles. The van der Waals surface area contributed by atoms with Crippen LogP contribution in [0.25, 0.3) is 10.9 Å². The molecule has 0 N–H and O–H groups in total. The molecular weight excluding hydrogens is 394 g/mol. The van der Waals surface area contributed by atoms with Crippen LogP contribution in [0.3, 0.4) is 0 Å². The molecule has 3 nitrogen and oxygen atoms in total. The number of rotatable bonds is 4. The zero-order valence-electron chi connectivity index (χ0n) is 17.0. The van der Waals surface area contributed by atoms with E-state index in [9.17, 15) is 13.6 Å². The first-order valence-electron chi connectivity index (χ1n) is 10.5. The Morgan fingerprint density at radius 3 is 2.52 bits per heavy atom. The summed E-state index contributed by atoms with van der Waals surface area (Å²) in [6.07, 6.45) is 3.04. The Morgan fingerprint density at radius 2 is 1.71 bits per heavy atom. The average molecular weight is 416 g/mol. The molecule has 1 aliphatic heterocycles. The number of carbonyl (C=O) groups excluding carboxylic acids is 1. The summed E-state index contributed by atoms with van der Waals surface area (Å²) in [4.78, 5) is 14.6. The fraction of sp³-hybridized carbons (Fsp3) is 0.192. The van der Waals surface area contributed by atoms with Gasteiger partial charge in [-0.2, -0.15) is 0 Å². The van der Waals surface area contributed by atoms with Crippen LogP contribution in [0.1, 0.15) is 33.8 Å². The Labute approximate surface area is 179 Å². The second-order valence-corrected chi connectivity index (χ2v) is 8.08. The number of carbonyl (C=O) groups is 1. The van der Waals surface area contributed by atoms with E-state index < -0.39 is 11.6 Å². The van der Waals surface area contributed by atoms with Crippen LogP contribution >= 0.6 is 0 Å². The Balaban J connectivity index is 1.41. The van der Waals surface area contributed by atoms with E-state index in [1.807, 2.05) is 30.3 Å². The van der Waals surface area contributed by atoms with Crippen molar-refractivity contribution in [2.45, 2.75) is 18.9 Å². The van der Waals surface area contributed by atoms with Crippen molar-refractivity contribution in [2.75, 3.05) is 13.1 Å². The van der Waals surface area contributed by atoms with Gasteiger partial charge in [0.1, 0.15) is 0 Å². The van der Waals surface area contributed by atoms with Crippen LogP contribution in [0.4, 0.5) is 8.78 Å². The van der Waals surface area contributed by atoms with E-state index in [1.165, 1.54) is 28.1 Å². The Bertz CT molecular complexity index is 1250. The van der Waals surface area contributed by atoms with Crippen molar-refractivity contribution in [3.63, 3.8) is 0 Å². The van der Waals surface area contributed by atoms with Crippen molar-refractivity contribution in [2.24, 2.45) is 0 Å². The summed E-state index contributed by atoms with van der Waals surface area (Å²) in [6, 6.07) is 22.0. The normalized spacial score (nSPS) is 16.2. The number of amides is 1. The summed E-state index contributed by atoms with van der Waals surface area (Å²) in [5.41, 5.74) is 3.82. The second kappa shape index (κ2) is 7.99. The van der Waals surface area contributed by atoms with Gasteiger partial charge in [0, 0.05) is 48.2 Å².